The Labute approximate surface area is 204 Å². The molecule has 1 aliphatic carbocycles. The minimum Gasteiger partial charge on any atom is -0.383 e. The number of rotatable bonds is 9. The molecule has 3 rings (SSSR count). The predicted octanol–water partition coefficient (Wildman–Crippen LogP) is 2.59. The summed E-state index contributed by atoms with van der Waals surface area (Å²) in [6, 6.07) is 6.58. The molecule has 1 aromatic heterocycles. The molecule has 1 fully saturated rings. The number of ether oxygens (including phenoxy) is 1. The maximum Gasteiger partial charge on any atom is 0.330 e. The monoisotopic (exact) mass is 485 g/mol. The quantitative estimate of drug-likeness (QED) is 0.499. The molecular weight excluding hydrogens is 450 g/mol. The van der Waals surface area contributed by atoms with E-state index in [0.717, 1.165) is 32.1 Å². The third-order valence-corrected chi connectivity index (χ3v) is 6.15. The van der Waals surface area contributed by atoms with Crippen LogP contribution in [0.5, 0.6) is 0 Å². The maximum absolute atomic E-state index is 13.6. The molecule has 190 valence electrons. The molecule has 0 spiro atoms. The lowest BCUT2D eigenvalue weighted by Crippen LogP contribution is -2.42. The standard InChI is InChI=1S/C25H35N5O5/c1-16(2)15-30-21(26)20(23(32)28-25(30)34)29(12-13-35-3)24(33)18-10-7-11-19(14-18)27-22(31)17-8-5-4-6-9-17/h7,10-11,14,16-17H,4-6,8-9,12-13,15,26H2,1-3H3,(H,27,31)(H,28,32,34). The number of nitrogens with two attached hydrogens (primary N) is 1. The zero-order chi connectivity index (χ0) is 25.5. The number of amides is 2. The van der Waals surface area contributed by atoms with Gasteiger partial charge < -0.3 is 15.8 Å². The fourth-order valence-corrected chi connectivity index (χ4v) is 4.38. The molecule has 1 aromatic carbocycles. The molecule has 2 amide bonds. The lowest BCUT2D eigenvalue weighted by Gasteiger charge is -2.25. The smallest absolute Gasteiger partial charge is 0.330 e. The molecule has 1 heterocycles. The van der Waals surface area contributed by atoms with E-state index < -0.39 is 17.2 Å². The van der Waals surface area contributed by atoms with E-state index in [4.69, 9.17) is 10.5 Å². The molecule has 10 heteroatoms. The Morgan fingerprint density at radius 2 is 1.94 bits per heavy atom. The Morgan fingerprint density at radius 1 is 1.23 bits per heavy atom. The Balaban J connectivity index is 1.94. The molecule has 0 saturated heterocycles. The molecule has 35 heavy (non-hydrogen) atoms. The summed E-state index contributed by atoms with van der Waals surface area (Å²) in [5.41, 5.74) is 5.54. The first kappa shape index (κ1) is 26.2. The number of methoxy groups -OCH3 is 1. The van der Waals surface area contributed by atoms with Gasteiger partial charge in [-0.1, -0.05) is 39.2 Å². The molecular formula is C25H35N5O5. The van der Waals surface area contributed by atoms with Gasteiger partial charge in [-0.15, -0.1) is 0 Å². The van der Waals surface area contributed by atoms with Gasteiger partial charge in [-0.25, -0.2) is 4.79 Å². The van der Waals surface area contributed by atoms with E-state index in [2.05, 4.69) is 10.3 Å². The van der Waals surface area contributed by atoms with Gasteiger partial charge in [0.15, 0.2) is 5.69 Å². The van der Waals surface area contributed by atoms with Gasteiger partial charge in [0.25, 0.3) is 11.5 Å². The number of aromatic amines is 1. The number of anilines is 3. The number of benzene rings is 1. The summed E-state index contributed by atoms with van der Waals surface area (Å²) >= 11 is 0. The van der Waals surface area contributed by atoms with Crippen LogP contribution < -0.4 is 27.2 Å². The van der Waals surface area contributed by atoms with Crippen LogP contribution in [0.25, 0.3) is 0 Å². The summed E-state index contributed by atoms with van der Waals surface area (Å²) in [7, 11) is 1.48. The maximum atomic E-state index is 13.6. The molecule has 0 unspecified atom stereocenters. The van der Waals surface area contributed by atoms with Crippen LogP contribution in [0.3, 0.4) is 0 Å². The fourth-order valence-electron chi connectivity index (χ4n) is 4.38. The summed E-state index contributed by atoms with van der Waals surface area (Å²) in [6.45, 7) is 4.30. The predicted molar refractivity (Wildman–Crippen MR) is 136 cm³/mol. The highest BCUT2D eigenvalue weighted by Gasteiger charge is 2.26. The second-order valence-corrected chi connectivity index (χ2v) is 9.35. The van der Waals surface area contributed by atoms with Crippen LogP contribution in [-0.2, 0) is 16.1 Å². The zero-order valence-electron chi connectivity index (χ0n) is 20.6. The molecule has 1 saturated carbocycles. The van der Waals surface area contributed by atoms with Crippen LogP contribution in [0, 0.1) is 11.8 Å². The second-order valence-electron chi connectivity index (χ2n) is 9.35. The summed E-state index contributed by atoms with van der Waals surface area (Å²) in [4.78, 5) is 54.9. The van der Waals surface area contributed by atoms with Crippen LogP contribution in [0.15, 0.2) is 33.9 Å². The van der Waals surface area contributed by atoms with E-state index >= 15 is 0 Å². The van der Waals surface area contributed by atoms with E-state index in [1.165, 1.54) is 16.6 Å². The topological polar surface area (TPSA) is 140 Å². The molecule has 0 aliphatic heterocycles. The Bertz CT molecular complexity index is 1160. The molecule has 10 nitrogen and oxygen atoms in total. The van der Waals surface area contributed by atoms with Crippen molar-refractivity contribution >= 4 is 29.0 Å². The molecule has 0 atom stereocenters. The average Bonchev–Trinajstić information content (AvgIpc) is 2.84. The van der Waals surface area contributed by atoms with Gasteiger partial charge >= 0.3 is 5.69 Å². The first-order chi connectivity index (χ1) is 16.7. The number of hydrogen-bond donors (Lipinski definition) is 3. The molecule has 4 N–H and O–H groups in total. The normalized spacial score (nSPS) is 14.2. The van der Waals surface area contributed by atoms with Gasteiger partial charge in [0, 0.05) is 37.4 Å². The zero-order valence-corrected chi connectivity index (χ0v) is 20.6. The second kappa shape index (κ2) is 11.8. The van der Waals surface area contributed by atoms with Crippen LogP contribution in [0.4, 0.5) is 17.2 Å². The van der Waals surface area contributed by atoms with Crippen molar-refractivity contribution in [3.05, 3.63) is 50.7 Å². The fraction of sp³-hybridized carbons (Fsp3) is 0.520. The number of carbonyl (C=O) groups is 2. The highest BCUT2D eigenvalue weighted by atomic mass is 16.5. The van der Waals surface area contributed by atoms with E-state index in [0.29, 0.717) is 5.69 Å². The van der Waals surface area contributed by atoms with Gasteiger partial charge in [-0.05, 0) is 37.0 Å². The lowest BCUT2D eigenvalue weighted by molar-refractivity contribution is -0.120. The van der Waals surface area contributed by atoms with E-state index in [9.17, 15) is 19.2 Å². The van der Waals surface area contributed by atoms with Crippen molar-refractivity contribution in [3.63, 3.8) is 0 Å². The number of hydrogen-bond acceptors (Lipinski definition) is 6. The molecule has 0 bridgehead atoms. The van der Waals surface area contributed by atoms with Crippen molar-refractivity contribution in [1.82, 2.24) is 9.55 Å². The number of carbonyl (C=O) groups excluding carboxylic acids is 2. The van der Waals surface area contributed by atoms with Gasteiger partial charge in [0.1, 0.15) is 5.82 Å². The average molecular weight is 486 g/mol. The Kier molecular flexibility index (Phi) is 8.86. The van der Waals surface area contributed by atoms with Crippen molar-refractivity contribution in [2.45, 2.75) is 52.5 Å². The summed E-state index contributed by atoms with van der Waals surface area (Å²) in [5, 5.41) is 2.92. The van der Waals surface area contributed by atoms with E-state index in [1.54, 1.807) is 24.3 Å². The van der Waals surface area contributed by atoms with Crippen LogP contribution in [0.2, 0.25) is 0 Å². The molecule has 1 aliphatic rings. The van der Waals surface area contributed by atoms with Crippen molar-refractivity contribution in [3.8, 4) is 0 Å². The van der Waals surface area contributed by atoms with E-state index in [1.807, 2.05) is 13.8 Å². The summed E-state index contributed by atoms with van der Waals surface area (Å²) in [6.07, 6.45) is 4.96. The minimum absolute atomic E-state index is 0.0262. The van der Waals surface area contributed by atoms with Gasteiger partial charge in [0.05, 0.1) is 6.61 Å². The van der Waals surface area contributed by atoms with Gasteiger partial charge in [-0.2, -0.15) is 0 Å². The van der Waals surface area contributed by atoms with Crippen molar-refractivity contribution < 1.29 is 14.3 Å². The third kappa shape index (κ3) is 6.39. The number of nitrogens with zero attached hydrogens (tertiary/aromatic N) is 2. The van der Waals surface area contributed by atoms with E-state index in [-0.39, 0.29) is 54.5 Å². The summed E-state index contributed by atoms with van der Waals surface area (Å²) < 4.78 is 6.41. The highest BCUT2D eigenvalue weighted by molar-refractivity contribution is 6.08. The van der Waals surface area contributed by atoms with Crippen molar-refractivity contribution in [2.75, 3.05) is 36.2 Å². The van der Waals surface area contributed by atoms with Crippen LogP contribution in [0.1, 0.15) is 56.3 Å². The number of nitrogen functional groups attached to an aromatic ring is 1. The first-order valence-electron chi connectivity index (χ1n) is 12.1. The Morgan fingerprint density at radius 3 is 2.60 bits per heavy atom. The first-order valence-corrected chi connectivity index (χ1v) is 12.1. The third-order valence-electron chi connectivity index (χ3n) is 6.15. The largest absolute Gasteiger partial charge is 0.383 e. The van der Waals surface area contributed by atoms with Gasteiger partial charge in [-0.3, -0.25) is 28.8 Å². The lowest BCUT2D eigenvalue weighted by atomic mass is 9.88. The highest BCUT2D eigenvalue weighted by Crippen LogP contribution is 2.26. The number of aromatic nitrogens is 2. The van der Waals surface area contributed by atoms with Crippen LogP contribution >= 0.6 is 0 Å². The van der Waals surface area contributed by atoms with Gasteiger partial charge in [0.2, 0.25) is 5.91 Å². The minimum atomic E-state index is -0.751. The Hall–Kier alpha value is -3.40. The SMILES string of the molecule is COCCN(C(=O)c1cccc(NC(=O)C2CCCCC2)c1)c1c(N)n(CC(C)C)c(=O)[nH]c1=O. The number of H-pyrrole nitrogens is 1. The van der Waals surface area contributed by atoms with Crippen molar-refractivity contribution in [2.24, 2.45) is 11.8 Å². The van der Waals surface area contributed by atoms with Crippen LogP contribution in [-0.4, -0.2) is 41.6 Å². The molecule has 2 aromatic rings. The molecule has 0 radical (unpaired) electrons. The number of nitrogens with one attached hydrogen (secondary N) is 2. The van der Waals surface area contributed by atoms with Crippen molar-refractivity contribution in [1.29, 1.82) is 0 Å². The summed E-state index contributed by atoms with van der Waals surface area (Å²) in [5.74, 6) is -0.573.